The SMILES string of the molecule is O=C(NO)c1ccc(CS(=O)(=O)Nc2cc(F)c(CCc3cccnc3)c(F)c2)c(F)c1F. The number of nitrogens with one attached hydrogen (secondary N) is 2. The van der Waals surface area contributed by atoms with E-state index in [-0.39, 0.29) is 12.0 Å². The van der Waals surface area contributed by atoms with Crippen molar-refractivity contribution in [3.8, 4) is 0 Å². The molecular formula is C21H17F4N3O4S. The van der Waals surface area contributed by atoms with Crippen LogP contribution < -0.4 is 10.2 Å². The minimum atomic E-state index is -4.42. The van der Waals surface area contributed by atoms with E-state index in [9.17, 15) is 30.8 Å². The second-order valence-electron chi connectivity index (χ2n) is 6.98. The summed E-state index contributed by atoms with van der Waals surface area (Å²) in [6.45, 7) is 0. The van der Waals surface area contributed by atoms with E-state index in [1.807, 2.05) is 4.72 Å². The molecular weight excluding hydrogens is 466 g/mol. The first-order valence-electron chi connectivity index (χ1n) is 9.40. The van der Waals surface area contributed by atoms with Gasteiger partial charge in [-0.2, -0.15) is 0 Å². The largest absolute Gasteiger partial charge is 0.288 e. The van der Waals surface area contributed by atoms with Crippen LogP contribution in [0.15, 0.2) is 48.8 Å². The summed E-state index contributed by atoms with van der Waals surface area (Å²) < 4.78 is 83.6. The van der Waals surface area contributed by atoms with Crippen LogP contribution >= 0.6 is 0 Å². The zero-order valence-electron chi connectivity index (χ0n) is 16.8. The van der Waals surface area contributed by atoms with Gasteiger partial charge in [-0.25, -0.2) is 31.5 Å². The number of anilines is 1. The Labute approximate surface area is 186 Å². The van der Waals surface area contributed by atoms with E-state index < -0.39 is 61.8 Å². The number of aromatic nitrogens is 1. The van der Waals surface area contributed by atoms with Gasteiger partial charge in [-0.15, -0.1) is 0 Å². The first-order valence-corrected chi connectivity index (χ1v) is 11.0. The molecule has 1 heterocycles. The molecule has 33 heavy (non-hydrogen) atoms. The number of carbonyl (C=O) groups is 1. The van der Waals surface area contributed by atoms with E-state index in [0.29, 0.717) is 6.42 Å². The van der Waals surface area contributed by atoms with Crippen LogP contribution in [0, 0.1) is 23.3 Å². The molecule has 3 aromatic rings. The number of carbonyl (C=O) groups excluding carboxylic acids is 1. The van der Waals surface area contributed by atoms with Crippen molar-refractivity contribution < 1.29 is 36.0 Å². The second kappa shape index (κ2) is 9.96. The monoisotopic (exact) mass is 483 g/mol. The molecule has 0 aliphatic carbocycles. The minimum Gasteiger partial charge on any atom is -0.288 e. The first-order chi connectivity index (χ1) is 15.6. The molecule has 0 bridgehead atoms. The highest BCUT2D eigenvalue weighted by atomic mass is 32.2. The van der Waals surface area contributed by atoms with Gasteiger partial charge in [-0.05, 0) is 42.7 Å². The maximum absolute atomic E-state index is 14.4. The van der Waals surface area contributed by atoms with Crippen molar-refractivity contribution in [1.29, 1.82) is 0 Å². The number of pyridine rings is 1. The molecule has 0 fully saturated rings. The van der Waals surface area contributed by atoms with Gasteiger partial charge in [0.25, 0.3) is 5.91 Å². The van der Waals surface area contributed by atoms with Crippen LogP contribution in [0.2, 0.25) is 0 Å². The Kier molecular flexibility index (Phi) is 7.29. The van der Waals surface area contributed by atoms with Crippen LogP contribution in [0.5, 0.6) is 0 Å². The van der Waals surface area contributed by atoms with Crippen molar-refractivity contribution >= 4 is 21.6 Å². The number of hydrogen-bond donors (Lipinski definition) is 3. The lowest BCUT2D eigenvalue weighted by molar-refractivity contribution is 0.0700. The third kappa shape index (κ3) is 5.84. The Hall–Kier alpha value is -3.51. The summed E-state index contributed by atoms with van der Waals surface area (Å²) in [5.41, 5.74) is -0.260. The lowest BCUT2D eigenvalue weighted by atomic mass is 10.0. The van der Waals surface area contributed by atoms with Gasteiger partial charge in [0, 0.05) is 23.5 Å². The highest BCUT2D eigenvalue weighted by molar-refractivity contribution is 7.91. The standard InChI is InChI=1S/C21H17F4N3O4S/c22-17-8-14(9-18(23)15(17)5-3-12-2-1-7-26-10-12)28-33(31,32)11-13-4-6-16(21(29)27-30)20(25)19(13)24/h1-2,4,6-10,28,30H,3,5,11H2,(H,27,29). The molecule has 0 saturated carbocycles. The number of hydrogen-bond acceptors (Lipinski definition) is 5. The van der Waals surface area contributed by atoms with Crippen molar-refractivity contribution in [2.45, 2.75) is 18.6 Å². The summed E-state index contributed by atoms with van der Waals surface area (Å²) in [6, 6.07) is 6.62. The number of hydroxylamine groups is 1. The van der Waals surface area contributed by atoms with Crippen LogP contribution in [0.25, 0.3) is 0 Å². The molecule has 1 amide bonds. The Morgan fingerprint density at radius 3 is 2.30 bits per heavy atom. The van der Waals surface area contributed by atoms with Crippen LogP contribution in [0.1, 0.15) is 27.0 Å². The molecule has 0 aliphatic heterocycles. The van der Waals surface area contributed by atoms with Gasteiger partial charge in [-0.3, -0.25) is 19.7 Å². The van der Waals surface area contributed by atoms with Gasteiger partial charge in [0.1, 0.15) is 11.6 Å². The van der Waals surface area contributed by atoms with E-state index in [1.165, 1.54) is 0 Å². The number of amides is 1. The van der Waals surface area contributed by atoms with Gasteiger partial charge in [0.05, 0.1) is 17.0 Å². The van der Waals surface area contributed by atoms with E-state index in [4.69, 9.17) is 5.21 Å². The predicted octanol–water partition coefficient (Wildman–Crippen LogP) is 3.48. The first kappa shape index (κ1) is 24.1. The highest BCUT2D eigenvalue weighted by Gasteiger charge is 2.23. The number of nitrogens with zero attached hydrogens (tertiary/aromatic N) is 1. The van der Waals surface area contributed by atoms with E-state index in [0.717, 1.165) is 35.3 Å². The summed E-state index contributed by atoms with van der Waals surface area (Å²) in [6.07, 6.45) is 3.44. The highest BCUT2D eigenvalue weighted by Crippen LogP contribution is 2.24. The Bertz CT molecular complexity index is 1270. The molecule has 0 saturated heterocycles. The van der Waals surface area contributed by atoms with Gasteiger partial charge in [0.15, 0.2) is 11.6 Å². The molecule has 2 aromatic carbocycles. The molecule has 12 heteroatoms. The van der Waals surface area contributed by atoms with Crippen molar-refractivity contribution in [2.75, 3.05) is 4.72 Å². The van der Waals surface area contributed by atoms with Crippen LogP contribution in [-0.2, 0) is 28.6 Å². The van der Waals surface area contributed by atoms with Gasteiger partial charge in [0.2, 0.25) is 10.0 Å². The Balaban J connectivity index is 1.76. The van der Waals surface area contributed by atoms with Gasteiger partial charge >= 0.3 is 0 Å². The maximum Gasteiger partial charge on any atom is 0.277 e. The van der Waals surface area contributed by atoms with Crippen molar-refractivity contribution in [1.82, 2.24) is 10.5 Å². The zero-order valence-corrected chi connectivity index (χ0v) is 17.6. The summed E-state index contributed by atoms with van der Waals surface area (Å²) in [7, 11) is -4.42. The molecule has 7 nitrogen and oxygen atoms in total. The Morgan fingerprint density at radius 1 is 1.00 bits per heavy atom. The number of rotatable bonds is 8. The summed E-state index contributed by atoms with van der Waals surface area (Å²) in [5.74, 6) is -7.65. The normalized spacial score (nSPS) is 11.3. The smallest absolute Gasteiger partial charge is 0.277 e. The molecule has 0 spiro atoms. The Morgan fingerprint density at radius 2 is 1.70 bits per heavy atom. The van der Waals surface area contributed by atoms with Crippen molar-refractivity contribution in [3.05, 3.63) is 94.3 Å². The molecule has 174 valence electrons. The average Bonchev–Trinajstić information content (AvgIpc) is 2.76. The lowest BCUT2D eigenvalue weighted by Crippen LogP contribution is -2.22. The number of aryl methyl sites for hydroxylation is 1. The number of halogens is 4. The fourth-order valence-corrected chi connectivity index (χ4v) is 4.25. The molecule has 3 rings (SSSR count). The van der Waals surface area contributed by atoms with Crippen LogP contribution in [-0.4, -0.2) is 24.5 Å². The zero-order chi connectivity index (χ0) is 24.2. The van der Waals surface area contributed by atoms with Gasteiger partial charge < -0.3 is 0 Å². The third-order valence-electron chi connectivity index (χ3n) is 4.65. The van der Waals surface area contributed by atoms with Crippen molar-refractivity contribution in [2.24, 2.45) is 0 Å². The van der Waals surface area contributed by atoms with E-state index in [1.54, 1.807) is 24.5 Å². The van der Waals surface area contributed by atoms with E-state index in [2.05, 4.69) is 4.98 Å². The lowest BCUT2D eigenvalue weighted by Gasteiger charge is -2.12. The fraction of sp³-hybridized carbons (Fsp3) is 0.143. The number of sulfonamides is 1. The fourth-order valence-electron chi connectivity index (χ4n) is 3.07. The molecule has 0 radical (unpaired) electrons. The topological polar surface area (TPSA) is 108 Å². The molecule has 1 aromatic heterocycles. The maximum atomic E-state index is 14.4. The summed E-state index contributed by atoms with van der Waals surface area (Å²) in [4.78, 5) is 15.2. The van der Waals surface area contributed by atoms with Crippen LogP contribution in [0.4, 0.5) is 23.2 Å². The minimum absolute atomic E-state index is 0.00858. The second-order valence-corrected chi connectivity index (χ2v) is 8.70. The molecule has 0 unspecified atom stereocenters. The van der Waals surface area contributed by atoms with Crippen molar-refractivity contribution in [3.63, 3.8) is 0 Å². The number of benzene rings is 2. The third-order valence-corrected chi connectivity index (χ3v) is 5.89. The molecule has 3 N–H and O–H groups in total. The molecule has 0 aliphatic rings. The summed E-state index contributed by atoms with van der Waals surface area (Å²) >= 11 is 0. The van der Waals surface area contributed by atoms with Gasteiger partial charge in [-0.1, -0.05) is 12.1 Å². The average molecular weight is 483 g/mol. The quantitative estimate of drug-likeness (QED) is 0.258. The summed E-state index contributed by atoms with van der Waals surface area (Å²) in [5, 5.41) is 8.52. The van der Waals surface area contributed by atoms with E-state index >= 15 is 0 Å². The van der Waals surface area contributed by atoms with Crippen LogP contribution in [0.3, 0.4) is 0 Å². The molecule has 0 atom stereocenters. The predicted molar refractivity (Wildman–Crippen MR) is 110 cm³/mol.